The lowest BCUT2D eigenvalue weighted by Gasteiger charge is -2.20. The van der Waals surface area contributed by atoms with E-state index in [-0.39, 0.29) is 18.4 Å². The van der Waals surface area contributed by atoms with Crippen LogP contribution in [0, 0.1) is 11.8 Å². The van der Waals surface area contributed by atoms with Gasteiger partial charge in [0.25, 0.3) is 0 Å². The van der Waals surface area contributed by atoms with Crippen LogP contribution in [0.15, 0.2) is 0 Å². The second-order valence-electron chi connectivity index (χ2n) is 5.28. The van der Waals surface area contributed by atoms with Gasteiger partial charge in [-0.25, -0.2) is 4.79 Å². The number of carbonyl (C=O) groups excluding carboxylic acids is 2. The topological polar surface area (TPSA) is 108 Å². The zero-order valence-corrected chi connectivity index (χ0v) is 12.6. The van der Waals surface area contributed by atoms with Crippen LogP contribution in [0.5, 0.6) is 0 Å². The fraction of sp³-hybridized carbons (Fsp3) is 0.769. The highest BCUT2D eigenvalue weighted by atomic mass is 16.5. The first-order valence-corrected chi connectivity index (χ1v) is 6.91. The van der Waals surface area contributed by atoms with Gasteiger partial charge in [0, 0.05) is 26.7 Å². The highest BCUT2D eigenvalue weighted by molar-refractivity contribution is 5.87. The van der Waals surface area contributed by atoms with Crippen molar-refractivity contribution in [1.29, 1.82) is 0 Å². The summed E-state index contributed by atoms with van der Waals surface area (Å²) in [5.74, 6) is -1.86. The fourth-order valence-corrected chi connectivity index (χ4v) is 2.23. The minimum atomic E-state index is -0.900. The number of hydrogen-bond acceptors (Lipinski definition) is 4. The summed E-state index contributed by atoms with van der Waals surface area (Å²) in [6.45, 7) is 4.69. The third-order valence-electron chi connectivity index (χ3n) is 3.56. The summed E-state index contributed by atoms with van der Waals surface area (Å²) in [6, 6.07) is -1.10. The zero-order valence-electron chi connectivity index (χ0n) is 12.6. The monoisotopic (exact) mass is 301 g/mol. The Morgan fingerprint density at radius 3 is 2.57 bits per heavy atom. The summed E-state index contributed by atoms with van der Waals surface area (Å²) in [4.78, 5) is 36.2. The summed E-state index contributed by atoms with van der Waals surface area (Å²) in [5.41, 5.74) is 0. The number of urea groups is 1. The fourth-order valence-electron chi connectivity index (χ4n) is 2.23. The lowest BCUT2D eigenvalue weighted by Crippen LogP contribution is -2.49. The van der Waals surface area contributed by atoms with Crippen LogP contribution in [0.4, 0.5) is 4.79 Å². The predicted octanol–water partition coefficient (Wildman–Crippen LogP) is -0.500. The molecule has 0 aromatic carbocycles. The van der Waals surface area contributed by atoms with E-state index in [0.717, 1.165) is 0 Å². The molecule has 120 valence electrons. The number of amides is 3. The second-order valence-corrected chi connectivity index (χ2v) is 5.28. The van der Waals surface area contributed by atoms with Crippen LogP contribution >= 0.6 is 0 Å². The Hall–Kier alpha value is -1.83. The number of ether oxygens (including phenoxy) is 1. The quantitative estimate of drug-likeness (QED) is 0.573. The molecular weight excluding hydrogens is 278 g/mol. The van der Waals surface area contributed by atoms with E-state index in [0.29, 0.717) is 19.7 Å². The molecule has 8 heteroatoms. The molecular formula is C13H23N3O5. The molecule has 21 heavy (non-hydrogen) atoms. The molecule has 1 aliphatic heterocycles. The molecule has 1 unspecified atom stereocenters. The predicted molar refractivity (Wildman–Crippen MR) is 74.7 cm³/mol. The number of likely N-dealkylation sites (tertiary alicyclic amines) is 1. The number of hydrogen-bond donors (Lipinski definition) is 3. The molecule has 1 saturated heterocycles. The van der Waals surface area contributed by atoms with Crippen molar-refractivity contribution in [3.05, 3.63) is 0 Å². The number of nitrogens with zero attached hydrogens (tertiary/aromatic N) is 1. The molecule has 8 nitrogen and oxygen atoms in total. The Balaban J connectivity index is 2.43. The van der Waals surface area contributed by atoms with Crippen LogP contribution in [0.2, 0.25) is 0 Å². The molecule has 3 amide bonds. The molecule has 0 bridgehead atoms. The van der Waals surface area contributed by atoms with E-state index in [9.17, 15) is 14.4 Å². The summed E-state index contributed by atoms with van der Waals surface area (Å²) in [6.07, 6.45) is 0. The molecule has 3 atom stereocenters. The van der Waals surface area contributed by atoms with E-state index in [1.165, 1.54) is 12.0 Å². The van der Waals surface area contributed by atoms with Gasteiger partial charge < -0.3 is 25.4 Å². The number of aliphatic carboxylic acids is 1. The summed E-state index contributed by atoms with van der Waals surface area (Å²) in [5, 5.41) is 14.2. The molecule has 3 N–H and O–H groups in total. The molecule has 0 aliphatic carbocycles. The number of carbonyl (C=O) groups is 3. The van der Waals surface area contributed by atoms with Gasteiger partial charge in [0.1, 0.15) is 6.04 Å². The summed E-state index contributed by atoms with van der Waals surface area (Å²) in [7, 11) is 1.53. The Morgan fingerprint density at radius 1 is 1.38 bits per heavy atom. The van der Waals surface area contributed by atoms with Crippen LogP contribution in [0.3, 0.4) is 0 Å². The normalized spacial score (nSPS) is 22.7. The van der Waals surface area contributed by atoms with Crippen molar-refractivity contribution in [2.45, 2.75) is 19.9 Å². The summed E-state index contributed by atoms with van der Waals surface area (Å²) < 4.78 is 4.81. The van der Waals surface area contributed by atoms with Gasteiger partial charge in [-0.05, 0) is 12.8 Å². The number of methoxy groups -OCH3 is 1. The number of carboxylic acids is 1. The largest absolute Gasteiger partial charge is 0.481 e. The third-order valence-corrected chi connectivity index (χ3v) is 3.56. The van der Waals surface area contributed by atoms with Crippen molar-refractivity contribution in [2.24, 2.45) is 11.8 Å². The van der Waals surface area contributed by atoms with Crippen LogP contribution in [0.25, 0.3) is 0 Å². The van der Waals surface area contributed by atoms with Gasteiger partial charge in [-0.3, -0.25) is 9.59 Å². The smallest absolute Gasteiger partial charge is 0.318 e. The lowest BCUT2D eigenvalue weighted by molar-refractivity contribution is -0.142. The van der Waals surface area contributed by atoms with Crippen molar-refractivity contribution < 1.29 is 24.2 Å². The SMILES string of the molecule is COCCNC(=O)C(C)NC(=O)N1C[C@@H](C)[C@H](C(=O)O)C1. The van der Waals surface area contributed by atoms with Gasteiger partial charge in [0.2, 0.25) is 5.91 Å². The van der Waals surface area contributed by atoms with E-state index < -0.39 is 24.0 Å². The van der Waals surface area contributed by atoms with E-state index in [1.54, 1.807) is 13.8 Å². The first-order valence-electron chi connectivity index (χ1n) is 6.91. The molecule has 0 saturated carbocycles. The van der Waals surface area contributed by atoms with Gasteiger partial charge in [-0.2, -0.15) is 0 Å². The molecule has 0 aromatic heterocycles. The van der Waals surface area contributed by atoms with Gasteiger partial charge >= 0.3 is 12.0 Å². The van der Waals surface area contributed by atoms with E-state index in [4.69, 9.17) is 9.84 Å². The van der Waals surface area contributed by atoms with Crippen LogP contribution in [-0.4, -0.2) is 67.3 Å². The first-order chi connectivity index (χ1) is 9.86. The average molecular weight is 301 g/mol. The molecule has 0 radical (unpaired) electrons. The Kier molecular flexibility index (Phi) is 6.41. The second kappa shape index (κ2) is 7.82. The van der Waals surface area contributed by atoms with Crippen molar-refractivity contribution in [3.8, 4) is 0 Å². The van der Waals surface area contributed by atoms with Gasteiger partial charge in [-0.15, -0.1) is 0 Å². The van der Waals surface area contributed by atoms with Gasteiger partial charge in [-0.1, -0.05) is 6.92 Å². The Morgan fingerprint density at radius 2 is 2.05 bits per heavy atom. The van der Waals surface area contributed by atoms with Crippen LogP contribution < -0.4 is 10.6 Å². The highest BCUT2D eigenvalue weighted by Gasteiger charge is 2.37. The highest BCUT2D eigenvalue weighted by Crippen LogP contribution is 2.22. The molecule has 1 aliphatic rings. The van der Waals surface area contributed by atoms with Gasteiger partial charge in [0.05, 0.1) is 12.5 Å². The van der Waals surface area contributed by atoms with Crippen LogP contribution in [-0.2, 0) is 14.3 Å². The van der Waals surface area contributed by atoms with Crippen molar-refractivity contribution in [2.75, 3.05) is 33.4 Å². The average Bonchev–Trinajstić information content (AvgIpc) is 2.81. The standard InChI is InChI=1S/C13H23N3O5/c1-8-6-16(7-10(8)12(18)19)13(20)15-9(2)11(17)14-4-5-21-3/h8-10H,4-7H2,1-3H3,(H,14,17)(H,15,20)(H,18,19)/t8-,9?,10-/m1/s1. The maximum atomic E-state index is 12.0. The summed E-state index contributed by atoms with van der Waals surface area (Å²) >= 11 is 0. The first kappa shape index (κ1) is 17.2. The number of nitrogens with one attached hydrogen (secondary N) is 2. The minimum absolute atomic E-state index is 0.0981. The number of rotatable bonds is 6. The molecule has 0 spiro atoms. The third kappa shape index (κ3) is 4.89. The molecule has 1 heterocycles. The van der Waals surface area contributed by atoms with Crippen LogP contribution in [0.1, 0.15) is 13.8 Å². The van der Waals surface area contributed by atoms with E-state index in [2.05, 4.69) is 10.6 Å². The Bertz CT molecular complexity index is 401. The maximum absolute atomic E-state index is 12.0. The maximum Gasteiger partial charge on any atom is 0.318 e. The Labute approximate surface area is 123 Å². The van der Waals surface area contributed by atoms with Crippen molar-refractivity contribution in [1.82, 2.24) is 15.5 Å². The minimum Gasteiger partial charge on any atom is -0.481 e. The number of carboxylic acid groups (broad SMARTS) is 1. The molecule has 0 aromatic rings. The molecule has 1 rings (SSSR count). The molecule has 1 fully saturated rings. The lowest BCUT2D eigenvalue weighted by atomic mass is 9.99. The van der Waals surface area contributed by atoms with Gasteiger partial charge in [0.15, 0.2) is 0 Å². The van der Waals surface area contributed by atoms with Crippen molar-refractivity contribution in [3.63, 3.8) is 0 Å². The van der Waals surface area contributed by atoms with Crippen molar-refractivity contribution >= 4 is 17.9 Å². The van der Waals surface area contributed by atoms with E-state index >= 15 is 0 Å². The van der Waals surface area contributed by atoms with E-state index in [1.807, 2.05) is 0 Å². The zero-order chi connectivity index (χ0) is 16.0.